The SMILES string of the molecule is C/C(=C\c1csc(C)n1)[C@@H]1C[C@@H]2C[C@]2(C)CCC[C@H](C)[C@H](O)[C@@H](C)C(=O)[C@@H](C)CCC(=O)O1. The van der Waals surface area contributed by atoms with Gasteiger partial charge in [0.25, 0.3) is 0 Å². The Bertz CT molecular complexity index is 877. The van der Waals surface area contributed by atoms with Crippen molar-refractivity contribution >= 4 is 29.2 Å². The molecular formula is C27H41NO4S. The zero-order chi connectivity index (χ0) is 24.3. The largest absolute Gasteiger partial charge is 0.458 e. The number of fused-ring (bicyclic) bond motifs is 1. The van der Waals surface area contributed by atoms with Gasteiger partial charge in [-0.25, -0.2) is 4.98 Å². The number of hydrogen-bond acceptors (Lipinski definition) is 6. The molecule has 6 heteroatoms. The molecule has 1 saturated heterocycles. The van der Waals surface area contributed by atoms with Crippen molar-refractivity contribution < 1.29 is 19.4 Å². The summed E-state index contributed by atoms with van der Waals surface area (Å²) in [7, 11) is 0. The lowest BCUT2D eigenvalue weighted by Gasteiger charge is -2.27. The molecule has 0 radical (unpaired) electrons. The van der Waals surface area contributed by atoms with Crippen LogP contribution in [0.1, 0.15) is 90.3 Å². The summed E-state index contributed by atoms with van der Waals surface area (Å²) in [6.07, 6.45) is 6.86. The minimum absolute atomic E-state index is 0.0370. The zero-order valence-electron chi connectivity index (χ0n) is 21.1. The first-order valence-electron chi connectivity index (χ1n) is 12.5. The van der Waals surface area contributed by atoms with Crippen molar-refractivity contribution in [1.29, 1.82) is 0 Å². The Morgan fingerprint density at radius 1 is 1.27 bits per heavy atom. The van der Waals surface area contributed by atoms with E-state index in [9.17, 15) is 14.7 Å². The Hall–Kier alpha value is -1.53. The van der Waals surface area contributed by atoms with Crippen LogP contribution in [0.15, 0.2) is 11.0 Å². The molecule has 1 aliphatic carbocycles. The van der Waals surface area contributed by atoms with Gasteiger partial charge in [-0.1, -0.05) is 34.1 Å². The summed E-state index contributed by atoms with van der Waals surface area (Å²) in [6, 6.07) is 0. The van der Waals surface area contributed by atoms with Crippen LogP contribution < -0.4 is 0 Å². The Morgan fingerprint density at radius 3 is 2.67 bits per heavy atom. The fraction of sp³-hybridized carbons (Fsp3) is 0.741. The topological polar surface area (TPSA) is 76.5 Å². The van der Waals surface area contributed by atoms with Gasteiger partial charge in [-0.15, -0.1) is 11.3 Å². The van der Waals surface area contributed by atoms with Crippen LogP contribution in [0.25, 0.3) is 6.08 Å². The highest BCUT2D eigenvalue weighted by Gasteiger charge is 2.50. The molecule has 33 heavy (non-hydrogen) atoms. The molecule has 1 aliphatic heterocycles. The Kier molecular flexibility index (Phi) is 8.55. The minimum atomic E-state index is -0.630. The van der Waals surface area contributed by atoms with Crippen LogP contribution in [0.2, 0.25) is 0 Å². The number of ketones is 1. The van der Waals surface area contributed by atoms with Gasteiger partial charge in [-0.2, -0.15) is 0 Å². The molecule has 2 aliphatic rings. The third-order valence-electron chi connectivity index (χ3n) is 8.05. The van der Waals surface area contributed by atoms with Crippen LogP contribution in [0.3, 0.4) is 0 Å². The van der Waals surface area contributed by atoms with E-state index in [4.69, 9.17) is 4.74 Å². The molecule has 7 atom stereocenters. The van der Waals surface area contributed by atoms with Gasteiger partial charge in [0, 0.05) is 23.6 Å². The fourth-order valence-electron chi connectivity index (χ4n) is 5.34. The van der Waals surface area contributed by atoms with Crippen molar-refractivity contribution in [2.45, 2.75) is 98.7 Å². The quantitative estimate of drug-likeness (QED) is 0.532. The zero-order valence-corrected chi connectivity index (χ0v) is 21.9. The third-order valence-corrected chi connectivity index (χ3v) is 8.84. The summed E-state index contributed by atoms with van der Waals surface area (Å²) < 4.78 is 5.99. The van der Waals surface area contributed by atoms with Gasteiger partial charge in [-0.3, -0.25) is 9.59 Å². The second-order valence-electron chi connectivity index (χ2n) is 10.9. The molecule has 0 unspecified atom stereocenters. The van der Waals surface area contributed by atoms with E-state index in [1.807, 2.05) is 39.2 Å². The molecule has 1 aromatic rings. The van der Waals surface area contributed by atoms with Crippen molar-refractivity contribution in [1.82, 2.24) is 4.98 Å². The van der Waals surface area contributed by atoms with Crippen molar-refractivity contribution in [3.8, 4) is 0 Å². The number of nitrogens with zero attached hydrogens (tertiary/aromatic N) is 1. The summed E-state index contributed by atoms with van der Waals surface area (Å²) in [6.45, 7) is 12.1. The van der Waals surface area contributed by atoms with E-state index in [0.29, 0.717) is 12.3 Å². The van der Waals surface area contributed by atoms with Crippen LogP contribution >= 0.6 is 11.3 Å². The van der Waals surface area contributed by atoms with Crippen molar-refractivity contribution in [2.24, 2.45) is 29.1 Å². The summed E-state index contributed by atoms with van der Waals surface area (Å²) >= 11 is 1.62. The molecular weight excluding hydrogens is 434 g/mol. The van der Waals surface area contributed by atoms with Gasteiger partial charge in [0.2, 0.25) is 0 Å². The number of rotatable bonds is 2. The molecule has 2 fully saturated rings. The number of Topliss-reactive ketones (excluding diaryl/α,β-unsaturated/α-hetero) is 1. The standard InChI is InChI=1S/C27H41NO4S/c1-16-8-7-11-27(6)14-21(27)13-23(18(3)12-22-15-33-20(5)28-22)32-24(29)10-9-17(2)26(31)19(4)25(16)30/h12,15-17,19,21,23,25,30H,7-11,13-14H2,1-6H3/b18-12+/t16-,17-,19+,21+,23-,25-,27-/m0/s1. The molecule has 3 rings (SSSR count). The van der Waals surface area contributed by atoms with Crippen LogP contribution in [0, 0.1) is 36.0 Å². The van der Waals surface area contributed by atoms with E-state index in [-0.39, 0.29) is 41.5 Å². The predicted octanol–water partition coefficient (Wildman–Crippen LogP) is 5.99. The van der Waals surface area contributed by atoms with Gasteiger partial charge in [0.05, 0.1) is 16.8 Å². The van der Waals surface area contributed by atoms with E-state index in [1.165, 1.54) is 0 Å². The molecule has 1 aromatic heterocycles. The molecule has 184 valence electrons. The number of ether oxygens (including phenoxy) is 1. The summed E-state index contributed by atoms with van der Waals surface area (Å²) in [5.41, 5.74) is 2.20. The highest BCUT2D eigenvalue weighted by atomic mass is 32.1. The van der Waals surface area contributed by atoms with Gasteiger partial charge < -0.3 is 9.84 Å². The number of hydrogen-bond donors (Lipinski definition) is 1. The van der Waals surface area contributed by atoms with E-state index in [2.05, 4.69) is 18.8 Å². The molecule has 0 aromatic carbocycles. The monoisotopic (exact) mass is 475 g/mol. The number of cyclic esters (lactones) is 1. The second kappa shape index (κ2) is 10.8. The maximum absolute atomic E-state index is 12.9. The first-order chi connectivity index (χ1) is 15.5. The predicted molar refractivity (Wildman–Crippen MR) is 133 cm³/mol. The third kappa shape index (κ3) is 6.75. The summed E-state index contributed by atoms with van der Waals surface area (Å²) in [4.78, 5) is 30.2. The fourth-order valence-corrected chi connectivity index (χ4v) is 5.91. The number of carbonyl (C=O) groups excluding carboxylic acids is 2. The van der Waals surface area contributed by atoms with Crippen molar-refractivity contribution in [2.75, 3.05) is 0 Å². The first kappa shape index (κ1) is 26.1. The number of esters is 1. The molecule has 5 nitrogen and oxygen atoms in total. The number of aryl methyl sites for hydroxylation is 1. The lowest BCUT2D eigenvalue weighted by molar-refractivity contribution is -0.148. The summed E-state index contributed by atoms with van der Waals surface area (Å²) in [5.74, 6) is -0.282. The first-order valence-corrected chi connectivity index (χ1v) is 13.4. The van der Waals surface area contributed by atoms with E-state index >= 15 is 0 Å². The lowest BCUT2D eigenvalue weighted by Crippen LogP contribution is -2.34. The van der Waals surface area contributed by atoms with E-state index in [1.54, 1.807) is 11.3 Å². The number of carbonyl (C=O) groups is 2. The average Bonchev–Trinajstić information content (AvgIpc) is 3.21. The van der Waals surface area contributed by atoms with Gasteiger partial charge in [0.1, 0.15) is 11.9 Å². The average molecular weight is 476 g/mol. The maximum Gasteiger partial charge on any atom is 0.306 e. The Balaban J connectivity index is 1.77. The normalized spacial score (nSPS) is 37.4. The molecule has 1 saturated carbocycles. The van der Waals surface area contributed by atoms with Crippen LogP contribution in [-0.4, -0.2) is 34.1 Å². The van der Waals surface area contributed by atoms with Gasteiger partial charge >= 0.3 is 5.97 Å². The highest BCUT2D eigenvalue weighted by molar-refractivity contribution is 7.09. The lowest BCUT2D eigenvalue weighted by atomic mass is 9.82. The van der Waals surface area contributed by atoms with E-state index < -0.39 is 12.0 Å². The smallest absolute Gasteiger partial charge is 0.306 e. The molecule has 1 N–H and O–H groups in total. The molecule has 2 heterocycles. The van der Waals surface area contributed by atoms with E-state index in [0.717, 1.165) is 48.4 Å². The number of aliphatic hydroxyl groups is 1. The second-order valence-corrected chi connectivity index (χ2v) is 12.0. The molecule has 0 amide bonds. The minimum Gasteiger partial charge on any atom is -0.458 e. The number of aliphatic hydroxyl groups excluding tert-OH is 1. The van der Waals surface area contributed by atoms with Gasteiger partial charge in [0.15, 0.2) is 0 Å². The molecule has 0 bridgehead atoms. The van der Waals surface area contributed by atoms with Crippen LogP contribution in [-0.2, 0) is 14.3 Å². The highest BCUT2D eigenvalue weighted by Crippen LogP contribution is 2.58. The number of aromatic nitrogens is 1. The molecule has 0 spiro atoms. The maximum atomic E-state index is 12.9. The van der Waals surface area contributed by atoms with Crippen LogP contribution in [0.5, 0.6) is 0 Å². The van der Waals surface area contributed by atoms with Crippen molar-refractivity contribution in [3.63, 3.8) is 0 Å². The van der Waals surface area contributed by atoms with Crippen LogP contribution in [0.4, 0.5) is 0 Å². The van der Waals surface area contributed by atoms with Crippen molar-refractivity contribution in [3.05, 3.63) is 21.7 Å². The Labute approximate surface area is 203 Å². The number of thiazole rings is 1. The Morgan fingerprint density at radius 2 is 2.00 bits per heavy atom. The van der Waals surface area contributed by atoms with Gasteiger partial charge in [-0.05, 0) is 74.9 Å². The summed E-state index contributed by atoms with van der Waals surface area (Å²) in [5, 5.41) is 13.8.